The maximum Gasteiger partial charge on any atom is 0.359 e. The van der Waals surface area contributed by atoms with Crippen molar-refractivity contribution in [3.05, 3.63) is 17.5 Å². The minimum atomic E-state index is -0.329. The first-order valence-corrected chi connectivity index (χ1v) is 7.81. The lowest BCUT2D eigenvalue weighted by molar-refractivity contribution is -0.195. The monoisotopic (exact) mass is 294 g/mol. The number of rotatable bonds is 6. The molecule has 1 fully saturated rings. The maximum absolute atomic E-state index is 12.3. The summed E-state index contributed by atoms with van der Waals surface area (Å²) in [5.74, 6) is -0.329. The highest BCUT2D eigenvalue weighted by molar-refractivity contribution is 5.87. The van der Waals surface area contributed by atoms with E-state index in [1.165, 1.54) is 0 Å². The topological polar surface area (TPSA) is 53.4 Å². The highest BCUT2D eigenvalue weighted by Crippen LogP contribution is 2.50. The summed E-state index contributed by atoms with van der Waals surface area (Å²) in [4.78, 5) is 12.3. The van der Waals surface area contributed by atoms with Gasteiger partial charge in [-0.2, -0.15) is 5.10 Å². The van der Waals surface area contributed by atoms with Crippen molar-refractivity contribution >= 4 is 5.97 Å². The van der Waals surface area contributed by atoms with Gasteiger partial charge < -0.3 is 9.47 Å². The van der Waals surface area contributed by atoms with Crippen LogP contribution in [0.25, 0.3) is 0 Å². The molecule has 0 N–H and O–H groups in total. The number of hydrogen-bond donors (Lipinski definition) is 0. The minimum Gasteiger partial charge on any atom is -0.457 e. The van der Waals surface area contributed by atoms with E-state index in [0.717, 1.165) is 25.0 Å². The van der Waals surface area contributed by atoms with Crippen molar-refractivity contribution in [3.63, 3.8) is 0 Å². The Hall–Kier alpha value is -1.36. The van der Waals surface area contributed by atoms with E-state index >= 15 is 0 Å². The van der Waals surface area contributed by atoms with Gasteiger partial charge in [0, 0.05) is 31.2 Å². The van der Waals surface area contributed by atoms with Crippen LogP contribution in [0.3, 0.4) is 0 Å². The van der Waals surface area contributed by atoms with Crippen LogP contribution in [0.4, 0.5) is 0 Å². The smallest absolute Gasteiger partial charge is 0.359 e. The molecule has 1 heterocycles. The summed E-state index contributed by atoms with van der Waals surface area (Å²) in [5, 5.41) is 4.19. The van der Waals surface area contributed by atoms with Crippen LogP contribution in [0.15, 0.2) is 6.07 Å². The zero-order chi connectivity index (χ0) is 15.6. The Balaban J connectivity index is 2.07. The quantitative estimate of drug-likeness (QED) is 0.757. The van der Waals surface area contributed by atoms with Crippen molar-refractivity contribution in [2.45, 2.75) is 59.2 Å². The molecule has 5 heteroatoms. The molecule has 1 aliphatic carbocycles. The lowest BCUT2D eigenvalue weighted by Gasteiger charge is -2.53. The molecule has 0 spiro atoms. The summed E-state index contributed by atoms with van der Waals surface area (Å²) in [6.07, 6.45) is 2.81. The van der Waals surface area contributed by atoms with E-state index in [9.17, 15) is 4.79 Å². The number of esters is 1. The Labute approximate surface area is 126 Å². The predicted octanol–water partition coefficient (Wildman–Crippen LogP) is 2.87. The maximum atomic E-state index is 12.3. The van der Waals surface area contributed by atoms with Gasteiger partial charge in [-0.3, -0.25) is 4.68 Å². The van der Waals surface area contributed by atoms with Crippen molar-refractivity contribution < 1.29 is 14.3 Å². The van der Waals surface area contributed by atoms with E-state index in [4.69, 9.17) is 9.47 Å². The van der Waals surface area contributed by atoms with Gasteiger partial charge in [0.15, 0.2) is 5.69 Å². The molecule has 0 radical (unpaired) electrons. The van der Waals surface area contributed by atoms with Gasteiger partial charge in [-0.1, -0.05) is 13.8 Å². The van der Waals surface area contributed by atoms with Crippen molar-refractivity contribution in [1.82, 2.24) is 9.78 Å². The van der Waals surface area contributed by atoms with Crippen LogP contribution in [0.1, 0.15) is 56.2 Å². The normalized spacial score (nSPS) is 23.7. The predicted molar refractivity (Wildman–Crippen MR) is 80.2 cm³/mol. The lowest BCUT2D eigenvalue weighted by atomic mass is 9.60. The van der Waals surface area contributed by atoms with E-state index in [0.29, 0.717) is 12.3 Å². The minimum absolute atomic E-state index is 0.0461. The van der Waals surface area contributed by atoms with Gasteiger partial charge in [-0.15, -0.1) is 0 Å². The second-order valence-corrected chi connectivity index (χ2v) is 5.81. The summed E-state index contributed by atoms with van der Waals surface area (Å²) in [7, 11) is 1.82. The molecular weight excluding hydrogens is 268 g/mol. The fourth-order valence-electron chi connectivity index (χ4n) is 3.32. The molecule has 0 amide bonds. The standard InChI is InChI=1S/C16H26N2O3/c1-6-16(7-2)13(20-8-3)10-14(16)21-15(19)12-9-11(4)18(5)17-12/h9,13-14H,6-8,10H2,1-5H3/t13-,14-/m0/s1. The van der Waals surface area contributed by atoms with Crippen LogP contribution in [0.5, 0.6) is 0 Å². The number of hydrogen-bond acceptors (Lipinski definition) is 4. The van der Waals surface area contributed by atoms with Crippen molar-refractivity contribution in [3.8, 4) is 0 Å². The van der Waals surface area contributed by atoms with Crippen molar-refractivity contribution in [2.75, 3.05) is 6.61 Å². The third kappa shape index (κ3) is 2.71. The van der Waals surface area contributed by atoms with E-state index in [2.05, 4.69) is 18.9 Å². The number of ether oxygens (including phenoxy) is 2. The van der Waals surface area contributed by atoms with Crippen LogP contribution in [0, 0.1) is 12.3 Å². The van der Waals surface area contributed by atoms with E-state index in [1.54, 1.807) is 10.7 Å². The number of aryl methyl sites for hydroxylation is 2. The molecule has 1 aromatic heterocycles. The first kappa shape index (κ1) is 16.0. The van der Waals surface area contributed by atoms with Crippen LogP contribution in [-0.2, 0) is 16.5 Å². The summed E-state index contributed by atoms with van der Waals surface area (Å²) in [6, 6.07) is 1.76. The zero-order valence-electron chi connectivity index (χ0n) is 13.7. The Morgan fingerprint density at radius 3 is 2.52 bits per heavy atom. The molecule has 1 aliphatic rings. The van der Waals surface area contributed by atoms with Gasteiger partial charge in [0.1, 0.15) is 6.10 Å². The highest BCUT2D eigenvalue weighted by atomic mass is 16.6. The largest absolute Gasteiger partial charge is 0.457 e. The third-order valence-electron chi connectivity index (χ3n) is 4.97. The lowest BCUT2D eigenvalue weighted by Crippen LogP contribution is -2.59. The molecular formula is C16H26N2O3. The fourth-order valence-corrected chi connectivity index (χ4v) is 3.32. The first-order chi connectivity index (χ1) is 9.98. The molecule has 0 aliphatic heterocycles. The highest BCUT2D eigenvalue weighted by Gasteiger charge is 2.55. The van der Waals surface area contributed by atoms with E-state index in [1.807, 2.05) is 20.9 Å². The molecule has 2 atom stereocenters. The Morgan fingerprint density at radius 1 is 1.38 bits per heavy atom. The molecule has 2 rings (SSSR count). The van der Waals surface area contributed by atoms with Gasteiger partial charge in [0.2, 0.25) is 0 Å². The van der Waals surface area contributed by atoms with Gasteiger partial charge in [-0.05, 0) is 32.8 Å². The number of aromatic nitrogens is 2. The molecule has 21 heavy (non-hydrogen) atoms. The van der Waals surface area contributed by atoms with Crippen LogP contribution in [-0.4, -0.2) is 34.6 Å². The van der Waals surface area contributed by atoms with Gasteiger partial charge in [0.25, 0.3) is 0 Å². The zero-order valence-corrected chi connectivity index (χ0v) is 13.7. The number of carbonyl (C=O) groups excluding carboxylic acids is 1. The Morgan fingerprint density at radius 2 is 2.05 bits per heavy atom. The van der Waals surface area contributed by atoms with E-state index in [-0.39, 0.29) is 23.6 Å². The van der Waals surface area contributed by atoms with Crippen LogP contribution in [0.2, 0.25) is 0 Å². The molecule has 5 nitrogen and oxygen atoms in total. The Kier molecular flexibility index (Phi) is 4.71. The number of carbonyl (C=O) groups is 1. The number of nitrogens with zero attached hydrogens (tertiary/aromatic N) is 2. The molecule has 118 valence electrons. The van der Waals surface area contributed by atoms with Crippen molar-refractivity contribution in [2.24, 2.45) is 12.5 Å². The average Bonchev–Trinajstić information content (AvgIpc) is 2.79. The molecule has 0 unspecified atom stereocenters. The van der Waals surface area contributed by atoms with Gasteiger partial charge in [0.05, 0.1) is 6.10 Å². The summed E-state index contributed by atoms with van der Waals surface area (Å²) >= 11 is 0. The second kappa shape index (κ2) is 6.18. The van der Waals surface area contributed by atoms with Crippen LogP contribution >= 0.6 is 0 Å². The average molecular weight is 294 g/mol. The van der Waals surface area contributed by atoms with Gasteiger partial charge in [-0.25, -0.2) is 4.79 Å². The molecule has 1 saturated carbocycles. The van der Waals surface area contributed by atoms with Crippen LogP contribution < -0.4 is 0 Å². The molecule has 1 aromatic rings. The molecule has 0 saturated heterocycles. The third-order valence-corrected chi connectivity index (χ3v) is 4.97. The summed E-state index contributed by atoms with van der Waals surface area (Å²) in [5.41, 5.74) is 1.28. The van der Waals surface area contributed by atoms with E-state index < -0.39 is 0 Å². The van der Waals surface area contributed by atoms with Crippen molar-refractivity contribution in [1.29, 1.82) is 0 Å². The fraction of sp³-hybridized carbons (Fsp3) is 0.750. The first-order valence-electron chi connectivity index (χ1n) is 7.81. The second-order valence-electron chi connectivity index (χ2n) is 5.81. The molecule has 0 bridgehead atoms. The SMILES string of the molecule is CCO[C@H]1C[C@H](OC(=O)c2cc(C)n(C)n2)C1(CC)CC. The summed E-state index contributed by atoms with van der Waals surface area (Å²) in [6.45, 7) is 8.90. The Bertz CT molecular complexity index is 486. The molecule has 0 aromatic carbocycles. The summed E-state index contributed by atoms with van der Waals surface area (Å²) < 4.78 is 13.2. The van der Waals surface area contributed by atoms with Gasteiger partial charge >= 0.3 is 5.97 Å².